The van der Waals surface area contributed by atoms with Crippen LogP contribution in [0.2, 0.25) is 0 Å². The van der Waals surface area contributed by atoms with E-state index in [1.165, 1.54) is 16.0 Å². The molecule has 2 heterocycles. The second-order valence-electron chi connectivity index (χ2n) is 6.23. The Labute approximate surface area is 176 Å². The average molecular weight is 483 g/mol. The summed E-state index contributed by atoms with van der Waals surface area (Å²) in [6, 6.07) is 10.1. The predicted molar refractivity (Wildman–Crippen MR) is 117 cm³/mol. The molecule has 3 rings (SSSR count). The van der Waals surface area contributed by atoms with E-state index in [1.54, 1.807) is 0 Å². The first-order valence-corrected chi connectivity index (χ1v) is 9.05. The normalized spacial score (nSPS) is 17.4. The summed E-state index contributed by atoms with van der Waals surface area (Å²) < 4.78 is 0. The summed E-state index contributed by atoms with van der Waals surface area (Å²) in [5.74, 6) is 0.631. The van der Waals surface area contributed by atoms with Gasteiger partial charge in [0.05, 0.1) is 19.6 Å². The minimum Gasteiger partial charge on any atom is -0.357 e. The number of hydrogen-bond donors (Lipinski definition) is 2. The molecule has 0 bridgehead atoms. The second-order valence-corrected chi connectivity index (χ2v) is 6.23. The van der Waals surface area contributed by atoms with Crippen molar-refractivity contribution in [1.29, 1.82) is 0 Å². The van der Waals surface area contributed by atoms with Crippen LogP contribution in [0, 0.1) is 0 Å². The maximum atomic E-state index is 11.6. The molecule has 1 aromatic carbocycles. The first-order valence-electron chi connectivity index (χ1n) is 9.05. The van der Waals surface area contributed by atoms with Crippen LogP contribution in [0.4, 0.5) is 4.79 Å². The van der Waals surface area contributed by atoms with Crippen LogP contribution in [0.3, 0.4) is 0 Å². The van der Waals surface area contributed by atoms with Gasteiger partial charge in [0.25, 0.3) is 0 Å². The summed E-state index contributed by atoms with van der Waals surface area (Å²) in [5, 5.41) is 5.82. The third-order valence-corrected chi connectivity index (χ3v) is 4.51. The van der Waals surface area contributed by atoms with Crippen molar-refractivity contribution < 1.29 is 9.59 Å². The lowest BCUT2D eigenvalue weighted by Gasteiger charge is -2.30. The number of aliphatic imine (C=N–C) groups is 1. The molecule has 7 nitrogen and oxygen atoms in total. The van der Waals surface area contributed by atoms with E-state index in [0.717, 1.165) is 32.0 Å². The van der Waals surface area contributed by atoms with Crippen LogP contribution in [0.15, 0.2) is 41.4 Å². The van der Waals surface area contributed by atoms with E-state index in [2.05, 4.69) is 50.9 Å². The monoisotopic (exact) mass is 483 g/mol. The van der Waals surface area contributed by atoms with Gasteiger partial charge in [0.1, 0.15) is 0 Å². The Bertz CT molecular complexity index is 704. The first kappa shape index (κ1) is 21.2. The van der Waals surface area contributed by atoms with Crippen molar-refractivity contribution in [2.75, 3.05) is 39.3 Å². The number of urea groups is 1. The van der Waals surface area contributed by atoms with E-state index in [1.807, 2.05) is 13.0 Å². The summed E-state index contributed by atoms with van der Waals surface area (Å²) in [6.07, 6.45) is 3.20. The number of carbonyl (C=O) groups is 2. The largest absolute Gasteiger partial charge is 0.357 e. The number of hydrogen-bond acceptors (Lipinski definition) is 3. The molecule has 146 valence electrons. The van der Waals surface area contributed by atoms with Gasteiger partial charge in [0.2, 0.25) is 5.91 Å². The van der Waals surface area contributed by atoms with Crippen molar-refractivity contribution in [3.63, 3.8) is 0 Å². The van der Waals surface area contributed by atoms with Crippen LogP contribution in [0.25, 0.3) is 5.57 Å². The Morgan fingerprint density at radius 2 is 2.04 bits per heavy atom. The molecule has 0 saturated carbocycles. The van der Waals surface area contributed by atoms with Gasteiger partial charge in [-0.15, -0.1) is 24.0 Å². The lowest BCUT2D eigenvalue weighted by atomic mass is 10.00. The van der Waals surface area contributed by atoms with Gasteiger partial charge in [-0.1, -0.05) is 36.4 Å². The average Bonchev–Trinajstić information content (AvgIpc) is 3.00. The summed E-state index contributed by atoms with van der Waals surface area (Å²) in [6.45, 7) is 5.26. The third kappa shape index (κ3) is 5.44. The number of guanidine groups is 1. The molecular weight excluding hydrogens is 457 g/mol. The van der Waals surface area contributed by atoms with Gasteiger partial charge >= 0.3 is 6.03 Å². The van der Waals surface area contributed by atoms with Crippen molar-refractivity contribution in [1.82, 2.24) is 20.4 Å². The molecule has 0 aromatic heterocycles. The van der Waals surface area contributed by atoms with Crippen LogP contribution < -0.4 is 10.6 Å². The quantitative estimate of drug-likeness (QED) is 0.291. The third-order valence-electron chi connectivity index (χ3n) is 4.51. The highest BCUT2D eigenvalue weighted by Gasteiger charge is 2.27. The number of benzene rings is 1. The molecule has 0 unspecified atom stereocenters. The van der Waals surface area contributed by atoms with E-state index in [4.69, 9.17) is 0 Å². The van der Waals surface area contributed by atoms with Crippen LogP contribution in [0.5, 0.6) is 0 Å². The predicted octanol–water partition coefficient (Wildman–Crippen LogP) is 1.91. The van der Waals surface area contributed by atoms with Gasteiger partial charge in [-0.2, -0.15) is 0 Å². The van der Waals surface area contributed by atoms with Crippen molar-refractivity contribution in [3.05, 3.63) is 42.0 Å². The van der Waals surface area contributed by atoms with Crippen molar-refractivity contribution >= 4 is 47.4 Å². The highest BCUT2D eigenvalue weighted by molar-refractivity contribution is 14.0. The van der Waals surface area contributed by atoms with Crippen molar-refractivity contribution in [3.8, 4) is 0 Å². The molecule has 0 radical (unpaired) electrons. The number of rotatable bonds is 5. The molecule has 3 amide bonds. The number of amides is 3. The number of nitrogens with one attached hydrogen (secondary N) is 2. The zero-order valence-electron chi connectivity index (χ0n) is 15.5. The summed E-state index contributed by atoms with van der Waals surface area (Å²) in [7, 11) is 0. The van der Waals surface area contributed by atoms with E-state index < -0.39 is 0 Å². The maximum Gasteiger partial charge on any atom is 0.324 e. The number of carbonyl (C=O) groups excluding carboxylic acids is 2. The SMILES string of the molecule is CCNC(=NCCN1C(=O)CNC1=O)N1CC=C(c2ccccc2)CC1.I. The molecule has 1 fully saturated rings. The zero-order chi connectivity index (χ0) is 18.4. The van der Waals surface area contributed by atoms with Crippen molar-refractivity contribution in [2.24, 2.45) is 4.99 Å². The Kier molecular flexibility index (Phi) is 8.08. The fourth-order valence-corrected chi connectivity index (χ4v) is 3.14. The highest BCUT2D eigenvalue weighted by Crippen LogP contribution is 2.21. The van der Waals surface area contributed by atoms with Gasteiger partial charge in [-0.25, -0.2) is 4.79 Å². The fourth-order valence-electron chi connectivity index (χ4n) is 3.14. The molecule has 0 aliphatic carbocycles. The summed E-state index contributed by atoms with van der Waals surface area (Å²) >= 11 is 0. The molecule has 8 heteroatoms. The molecule has 2 aliphatic heterocycles. The molecule has 1 saturated heterocycles. The number of nitrogens with zero attached hydrogens (tertiary/aromatic N) is 3. The van der Waals surface area contributed by atoms with Gasteiger partial charge in [-0.05, 0) is 24.5 Å². The maximum absolute atomic E-state index is 11.6. The number of halogens is 1. The highest BCUT2D eigenvalue weighted by atomic mass is 127. The van der Waals surface area contributed by atoms with E-state index in [9.17, 15) is 9.59 Å². The smallest absolute Gasteiger partial charge is 0.324 e. The standard InChI is InChI=1S/C19H25N5O2.HI/c1-2-20-18(21-10-13-24-17(25)14-22-19(24)26)23-11-8-16(9-12-23)15-6-4-3-5-7-15;/h3-8H,2,9-14H2,1H3,(H,20,21)(H,22,26);1H. The second kappa shape index (κ2) is 10.3. The lowest BCUT2D eigenvalue weighted by molar-refractivity contribution is -0.124. The Morgan fingerprint density at radius 1 is 1.26 bits per heavy atom. The molecule has 0 atom stereocenters. The fraction of sp³-hybridized carbons (Fsp3) is 0.421. The van der Waals surface area contributed by atoms with Gasteiger partial charge in [0.15, 0.2) is 5.96 Å². The molecule has 27 heavy (non-hydrogen) atoms. The molecular formula is C19H26IN5O2. The summed E-state index contributed by atoms with van der Waals surface area (Å²) in [5.41, 5.74) is 2.63. The Balaban J connectivity index is 0.00000261. The number of imide groups is 1. The van der Waals surface area contributed by atoms with Crippen LogP contribution in [-0.4, -0.2) is 67.0 Å². The molecule has 0 spiro atoms. The molecule has 2 N–H and O–H groups in total. The zero-order valence-corrected chi connectivity index (χ0v) is 17.8. The van der Waals surface area contributed by atoms with Crippen LogP contribution >= 0.6 is 24.0 Å². The van der Waals surface area contributed by atoms with E-state index in [-0.39, 0.29) is 42.5 Å². The van der Waals surface area contributed by atoms with Crippen molar-refractivity contribution in [2.45, 2.75) is 13.3 Å². The van der Waals surface area contributed by atoms with Crippen LogP contribution in [0.1, 0.15) is 18.9 Å². The topological polar surface area (TPSA) is 77.0 Å². The first-order chi connectivity index (χ1) is 12.7. The van der Waals surface area contributed by atoms with Gasteiger partial charge in [0, 0.05) is 19.6 Å². The molecule has 2 aliphatic rings. The van der Waals surface area contributed by atoms with Crippen LogP contribution in [-0.2, 0) is 4.79 Å². The Hall–Kier alpha value is -2.10. The minimum atomic E-state index is -0.330. The Morgan fingerprint density at radius 3 is 2.63 bits per heavy atom. The molecule has 1 aromatic rings. The van der Waals surface area contributed by atoms with Gasteiger partial charge in [-0.3, -0.25) is 14.7 Å². The lowest BCUT2D eigenvalue weighted by Crippen LogP contribution is -2.44. The van der Waals surface area contributed by atoms with Gasteiger partial charge < -0.3 is 15.5 Å². The van der Waals surface area contributed by atoms with E-state index in [0.29, 0.717) is 13.1 Å². The summed E-state index contributed by atoms with van der Waals surface area (Å²) in [4.78, 5) is 31.2. The minimum absolute atomic E-state index is 0. The van der Waals surface area contributed by atoms with E-state index >= 15 is 0 Å².